The standard InChI is InChI=1S/C14H20N4O3.ClH/c1-16(11-14(19)17-8-6-15-7-9-17)10-12-4-2-3-5-13(12)18(20)21;/h2-5,15H,6-11H2,1H3;1H. The Kier molecular flexibility index (Phi) is 7.23. The van der Waals surface area contributed by atoms with E-state index in [0.717, 1.165) is 26.2 Å². The number of halogens is 1. The van der Waals surface area contributed by atoms with Crippen LogP contribution in [0.1, 0.15) is 5.56 Å². The van der Waals surface area contributed by atoms with E-state index in [1.165, 1.54) is 6.07 Å². The lowest BCUT2D eigenvalue weighted by atomic mass is 10.1. The molecule has 1 saturated heterocycles. The fraction of sp³-hybridized carbons (Fsp3) is 0.500. The second-order valence-electron chi connectivity index (χ2n) is 5.19. The van der Waals surface area contributed by atoms with Crippen LogP contribution in [-0.4, -0.2) is 60.4 Å². The van der Waals surface area contributed by atoms with E-state index in [9.17, 15) is 14.9 Å². The highest BCUT2D eigenvalue weighted by Crippen LogP contribution is 2.18. The lowest BCUT2D eigenvalue weighted by Gasteiger charge is -2.29. The molecule has 122 valence electrons. The van der Waals surface area contributed by atoms with E-state index >= 15 is 0 Å². The number of rotatable bonds is 5. The van der Waals surface area contributed by atoms with Crippen molar-refractivity contribution in [3.05, 3.63) is 39.9 Å². The molecule has 0 aliphatic carbocycles. The molecule has 1 N–H and O–H groups in total. The maximum atomic E-state index is 12.1. The summed E-state index contributed by atoms with van der Waals surface area (Å²) < 4.78 is 0. The number of nitrogens with one attached hydrogen (secondary N) is 1. The second-order valence-corrected chi connectivity index (χ2v) is 5.19. The number of nitro groups is 1. The van der Waals surface area contributed by atoms with Crippen molar-refractivity contribution in [2.45, 2.75) is 6.54 Å². The van der Waals surface area contributed by atoms with Crippen LogP contribution in [0.4, 0.5) is 5.69 Å². The minimum absolute atomic E-state index is 0. The lowest BCUT2D eigenvalue weighted by Crippen LogP contribution is -2.49. The predicted octanol–water partition coefficient (Wildman–Crippen LogP) is 0.880. The van der Waals surface area contributed by atoms with Crippen LogP contribution in [0.15, 0.2) is 24.3 Å². The van der Waals surface area contributed by atoms with Gasteiger partial charge in [-0.2, -0.15) is 0 Å². The number of nitrogens with zero attached hydrogens (tertiary/aromatic N) is 3. The minimum atomic E-state index is -0.388. The van der Waals surface area contributed by atoms with Crippen molar-refractivity contribution in [1.29, 1.82) is 0 Å². The summed E-state index contributed by atoms with van der Waals surface area (Å²) in [5, 5.41) is 14.2. The number of amides is 1. The molecule has 1 heterocycles. The van der Waals surface area contributed by atoms with Crippen molar-refractivity contribution in [1.82, 2.24) is 15.1 Å². The summed E-state index contributed by atoms with van der Waals surface area (Å²) in [7, 11) is 1.80. The fourth-order valence-electron chi connectivity index (χ4n) is 2.41. The molecule has 0 atom stereocenters. The maximum absolute atomic E-state index is 12.1. The zero-order valence-corrected chi connectivity index (χ0v) is 13.3. The molecule has 1 aliphatic heterocycles. The minimum Gasteiger partial charge on any atom is -0.339 e. The van der Waals surface area contributed by atoms with Crippen molar-refractivity contribution < 1.29 is 9.72 Å². The molecule has 1 fully saturated rings. The summed E-state index contributed by atoms with van der Waals surface area (Å²) in [6.07, 6.45) is 0. The van der Waals surface area contributed by atoms with Crippen LogP contribution in [-0.2, 0) is 11.3 Å². The molecular weight excluding hydrogens is 308 g/mol. The Morgan fingerprint density at radius 1 is 1.36 bits per heavy atom. The van der Waals surface area contributed by atoms with Gasteiger partial charge in [0.05, 0.1) is 11.5 Å². The lowest BCUT2D eigenvalue weighted by molar-refractivity contribution is -0.385. The first-order valence-electron chi connectivity index (χ1n) is 6.97. The summed E-state index contributed by atoms with van der Waals surface area (Å²) >= 11 is 0. The van der Waals surface area contributed by atoms with Crippen LogP contribution in [0, 0.1) is 10.1 Å². The van der Waals surface area contributed by atoms with Gasteiger partial charge in [-0.25, -0.2) is 0 Å². The molecule has 0 spiro atoms. The monoisotopic (exact) mass is 328 g/mol. The highest BCUT2D eigenvalue weighted by atomic mass is 35.5. The van der Waals surface area contributed by atoms with Gasteiger partial charge in [-0.3, -0.25) is 19.8 Å². The number of likely N-dealkylation sites (N-methyl/N-ethyl adjacent to an activating group) is 1. The molecule has 0 bridgehead atoms. The quantitative estimate of drug-likeness (QED) is 0.641. The van der Waals surface area contributed by atoms with Crippen LogP contribution in [0.25, 0.3) is 0 Å². The summed E-state index contributed by atoms with van der Waals surface area (Å²) in [6.45, 7) is 3.73. The number of para-hydroxylation sites is 1. The molecule has 0 saturated carbocycles. The Morgan fingerprint density at radius 3 is 2.64 bits per heavy atom. The highest BCUT2D eigenvalue weighted by molar-refractivity contribution is 5.85. The number of nitro benzene ring substituents is 1. The van der Waals surface area contributed by atoms with Gasteiger partial charge >= 0.3 is 0 Å². The molecule has 1 aromatic rings. The third-order valence-electron chi connectivity index (χ3n) is 3.50. The van der Waals surface area contributed by atoms with Gasteiger partial charge in [0, 0.05) is 44.4 Å². The third-order valence-corrected chi connectivity index (χ3v) is 3.50. The highest BCUT2D eigenvalue weighted by Gasteiger charge is 2.19. The van der Waals surface area contributed by atoms with E-state index in [-0.39, 0.29) is 35.5 Å². The average molecular weight is 329 g/mol. The molecule has 0 unspecified atom stereocenters. The van der Waals surface area contributed by atoms with Gasteiger partial charge in [0.15, 0.2) is 0 Å². The van der Waals surface area contributed by atoms with Crippen LogP contribution in [0.2, 0.25) is 0 Å². The second kappa shape index (κ2) is 8.67. The topological polar surface area (TPSA) is 78.7 Å². The normalized spacial score (nSPS) is 14.5. The van der Waals surface area contributed by atoms with Crippen molar-refractivity contribution in [2.24, 2.45) is 0 Å². The van der Waals surface area contributed by atoms with Crippen LogP contribution in [0.5, 0.6) is 0 Å². The molecule has 22 heavy (non-hydrogen) atoms. The van der Waals surface area contributed by atoms with Crippen molar-refractivity contribution in [3.8, 4) is 0 Å². The first kappa shape index (κ1) is 18.3. The van der Waals surface area contributed by atoms with Crippen molar-refractivity contribution in [3.63, 3.8) is 0 Å². The van der Waals surface area contributed by atoms with Crippen LogP contribution < -0.4 is 5.32 Å². The van der Waals surface area contributed by atoms with Crippen LogP contribution >= 0.6 is 12.4 Å². The molecule has 1 aliphatic rings. The zero-order chi connectivity index (χ0) is 15.2. The average Bonchev–Trinajstić information content (AvgIpc) is 2.48. The van der Waals surface area contributed by atoms with E-state index < -0.39 is 0 Å². The smallest absolute Gasteiger partial charge is 0.273 e. The number of benzene rings is 1. The Balaban J connectivity index is 0.00000242. The van der Waals surface area contributed by atoms with Gasteiger partial charge in [0.25, 0.3) is 5.69 Å². The third kappa shape index (κ3) is 4.94. The molecule has 0 aromatic heterocycles. The Labute approximate surface area is 135 Å². The molecule has 1 amide bonds. The fourth-order valence-corrected chi connectivity index (χ4v) is 2.41. The SMILES string of the molecule is CN(CC(=O)N1CCNCC1)Cc1ccccc1[N+](=O)[O-].Cl. The molecule has 2 rings (SSSR count). The summed E-state index contributed by atoms with van der Waals surface area (Å²) in [4.78, 5) is 26.4. The Morgan fingerprint density at radius 2 is 2.00 bits per heavy atom. The number of hydrogen-bond donors (Lipinski definition) is 1. The summed E-state index contributed by atoms with van der Waals surface area (Å²) in [5.41, 5.74) is 0.720. The number of piperazine rings is 1. The zero-order valence-electron chi connectivity index (χ0n) is 12.5. The van der Waals surface area contributed by atoms with Gasteiger partial charge in [0.1, 0.15) is 0 Å². The van der Waals surface area contributed by atoms with Gasteiger partial charge < -0.3 is 10.2 Å². The first-order valence-corrected chi connectivity index (χ1v) is 6.97. The van der Waals surface area contributed by atoms with Gasteiger partial charge in [-0.05, 0) is 7.05 Å². The van der Waals surface area contributed by atoms with E-state index in [1.54, 1.807) is 25.2 Å². The largest absolute Gasteiger partial charge is 0.339 e. The molecule has 1 aromatic carbocycles. The van der Waals surface area contributed by atoms with Gasteiger partial charge in [-0.15, -0.1) is 12.4 Å². The van der Waals surface area contributed by atoms with E-state index in [2.05, 4.69) is 5.32 Å². The van der Waals surface area contributed by atoms with Gasteiger partial charge in [-0.1, -0.05) is 18.2 Å². The first-order chi connectivity index (χ1) is 10.1. The van der Waals surface area contributed by atoms with Crippen LogP contribution in [0.3, 0.4) is 0 Å². The predicted molar refractivity (Wildman–Crippen MR) is 86.1 cm³/mol. The van der Waals surface area contributed by atoms with Crippen molar-refractivity contribution in [2.75, 3.05) is 39.8 Å². The maximum Gasteiger partial charge on any atom is 0.273 e. The molecule has 0 radical (unpaired) electrons. The molecule has 8 heteroatoms. The Bertz CT molecular complexity index is 521. The Hall–Kier alpha value is -1.70. The van der Waals surface area contributed by atoms with Crippen molar-refractivity contribution >= 4 is 24.0 Å². The molecule has 7 nitrogen and oxygen atoms in total. The van der Waals surface area contributed by atoms with E-state index in [0.29, 0.717) is 12.1 Å². The molecular formula is C14H21ClN4O3. The van der Waals surface area contributed by atoms with E-state index in [4.69, 9.17) is 0 Å². The van der Waals surface area contributed by atoms with Gasteiger partial charge in [0.2, 0.25) is 5.91 Å². The summed E-state index contributed by atoms with van der Waals surface area (Å²) in [6, 6.07) is 6.63. The van der Waals surface area contributed by atoms with E-state index in [1.807, 2.05) is 9.80 Å². The number of carbonyl (C=O) groups is 1. The summed E-state index contributed by atoms with van der Waals surface area (Å²) in [5.74, 6) is 0.0672. The number of carbonyl (C=O) groups excluding carboxylic acids is 1. The number of hydrogen-bond acceptors (Lipinski definition) is 5.